The minimum atomic E-state index is -0.456. The fourth-order valence-electron chi connectivity index (χ4n) is 3.71. The molecule has 0 bridgehead atoms. The number of cyclic esters (lactones) is 3. The van der Waals surface area contributed by atoms with Crippen LogP contribution in [0.4, 0.5) is 0 Å². The zero-order chi connectivity index (χ0) is 13.7. The molecular weight excluding hydrogens is 248 g/mol. The van der Waals surface area contributed by atoms with Gasteiger partial charge < -0.3 is 9.47 Å². The van der Waals surface area contributed by atoms with Crippen LogP contribution in [0.2, 0.25) is 0 Å². The number of rotatable bonds is 1. The van der Waals surface area contributed by atoms with E-state index < -0.39 is 17.9 Å². The van der Waals surface area contributed by atoms with E-state index in [1.54, 1.807) is 0 Å². The molecule has 0 N–H and O–H groups in total. The molecule has 0 spiro atoms. The van der Waals surface area contributed by atoms with Crippen molar-refractivity contribution < 1.29 is 23.9 Å². The molecule has 0 radical (unpaired) electrons. The highest BCUT2D eigenvalue weighted by Gasteiger charge is 2.51. The molecule has 1 saturated carbocycles. The van der Waals surface area contributed by atoms with Crippen LogP contribution in [-0.4, -0.2) is 17.9 Å². The Balaban J connectivity index is 1.81. The van der Waals surface area contributed by atoms with Crippen LogP contribution in [0.1, 0.15) is 26.2 Å². The van der Waals surface area contributed by atoms with Crippen LogP contribution < -0.4 is 0 Å². The van der Waals surface area contributed by atoms with E-state index in [0.29, 0.717) is 12.2 Å². The predicted octanol–water partition coefficient (Wildman–Crippen LogP) is 1.43. The second-order valence-electron chi connectivity index (χ2n) is 5.82. The van der Waals surface area contributed by atoms with E-state index in [1.165, 1.54) is 0 Å². The first-order valence-corrected chi connectivity index (χ1v) is 6.62. The van der Waals surface area contributed by atoms with Crippen molar-refractivity contribution in [1.82, 2.24) is 0 Å². The van der Waals surface area contributed by atoms with E-state index in [9.17, 15) is 14.4 Å². The molecule has 5 heteroatoms. The number of carbonyl (C=O) groups is 3. The third-order valence-electron chi connectivity index (χ3n) is 4.74. The second-order valence-corrected chi connectivity index (χ2v) is 5.82. The number of ether oxygens (including phenoxy) is 2. The molecule has 5 unspecified atom stereocenters. The molecule has 2 saturated heterocycles. The Kier molecular flexibility index (Phi) is 2.73. The van der Waals surface area contributed by atoms with E-state index >= 15 is 0 Å². The third kappa shape index (κ3) is 1.88. The fourth-order valence-corrected chi connectivity index (χ4v) is 3.71. The van der Waals surface area contributed by atoms with Gasteiger partial charge in [-0.05, 0) is 24.7 Å². The Bertz CT molecular complexity index is 480. The van der Waals surface area contributed by atoms with Crippen molar-refractivity contribution in [3.63, 3.8) is 0 Å². The Morgan fingerprint density at radius 3 is 2.32 bits per heavy atom. The summed E-state index contributed by atoms with van der Waals surface area (Å²) in [7, 11) is 0. The van der Waals surface area contributed by atoms with E-state index in [0.717, 1.165) is 6.42 Å². The van der Waals surface area contributed by atoms with Gasteiger partial charge in [-0.25, -0.2) is 0 Å². The Hall–Kier alpha value is -1.65. The maximum absolute atomic E-state index is 11.8. The van der Waals surface area contributed by atoms with E-state index in [1.807, 2.05) is 6.92 Å². The maximum atomic E-state index is 11.8. The summed E-state index contributed by atoms with van der Waals surface area (Å²) in [6, 6.07) is 0. The number of allylic oxidation sites excluding steroid dienone is 1. The highest BCUT2D eigenvalue weighted by molar-refractivity contribution is 5.94. The number of hydrogen-bond acceptors (Lipinski definition) is 5. The van der Waals surface area contributed by atoms with Gasteiger partial charge in [0.2, 0.25) is 0 Å². The van der Waals surface area contributed by atoms with Crippen molar-refractivity contribution in [3.8, 4) is 0 Å². The average Bonchev–Trinajstić information content (AvgIpc) is 2.79. The number of carbonyl (C=O) groups excluding carboxylic acids is 3. The quantitative estimate of drug-likeness (QED) is 0.529. The molecule has 5 atom stereocenters. The van der Waals surface area contributed by atoms with Crippen LogP contribution in [0.5, 0.6) is 0 Å². The lowest BCUT2D eigenvalue weighted by Gasteiger charge is -2.36. The summed E-state index contributed by atoms with van der Waals surface area (Å²) < 4.78 is 9.72. The molecular formula is C14H16O5. The lowest BCUT2D eigenvalue weighted by atomic mass is 9.65. The molecule has 3 rings (SSSR count). The predicted molar refractivity (Wildman–Crippen MR) is 63.3 cm³/mol. The van der Waals surface area contributed by atoms with Gasteiger partial charge in [-0.2, -0.15) is 0 Å². The van der Waals surface area contributed by atoms with Crippen LogP contribution >= 0.6 is 0 Å². The summed E-state index contributed by atoms with van der Waals surface area (Å²) >= 11 is 0. The summed E-state index contributed by atoms with van der Waals surface area (Å²) in [6.07, 6.45) is 1.50. The molecule has 1 aliphatic carbocycles. The normalized spacial score (nSPS) is 42.1. The summed E-state index contributed by atoms with van der Waals surface area (Å²) in [4.78, 5) is 34.7. The zero-order valence-corrected chi connectivity index (χ0v) is 10.8. The van der Waals surface area contributed by atoms with Gasteiger partial charge in [0.05, 0.1) is 18.3 Å². The Morgan fingerprint density at radius 2 is 1.68 bits per heavy atom. The van der Waals surface area contributed by atoms with Crippen molar-refractivity contribution in [2.45, 2.75) is 26.2 Å². The lowest BCUT2D eigenvalue weighted by molar-refractivity contribution is -0.154. The first-order valence-electron chi connectivity index (χ1n) is 6.62. The van der Waals surface area contributed by atoms with Crippen LogP contribution in [0.3, 0.4) is 0 Å². The Labute approximate surface area is 110 Å². The summed E-state index contributed by atoms with van der Waals surface area (Å²) in [5, 5.41) is 0. The van der Waals surface area contributed by atoms with E-state index in [-0.39, 0.29) is 36.1 Å². The zero-order valence-electron chi connectivity index (χ0n) is 10.8. The van der Waals surface area contributed by atoms with Gasteiger partial charge in [0, 0.05) is 5.92 Å². The summed E-state index contributed by atoms with van der Waals surface area (Å²) in [5.41, 5.74) is 0. The molecule has 102 valence electrons. The highest BCUT2D eigenvalue weighted by atomic mass is 16.6. The monoisotopic (exact) mass is 264 g/mol. The largest absolute Gasteiger partial charge is 0.431 e. The second kappa shape index (κ2) is 4.18. The maximum Gasteiger partial charge on any atom is 0.317 e. The first kappa shape index (κ1) is 12.4. The first-order chi connectivity index (χ1) is 8.97. The van der Waals surface area contributed by atoms with Crippen LogP contribution in [0.25, 0.3) is 0 Å². The molecule has 5 nitrogen and oxygen atoms in total. The highest BCUT2D eigenvalue weighted by Crippen LogP contribution is 2.49. The summed E-state index contributed by atoms with van der Waals surface area (Å²) in [5.74, 6) is -0.882. The standard InChI is InChI=1S/C14H16O5/c1-6-3-9-7(2)18-13(16)10(9)4-8(6)11-5-12(15)19-14(11)17/h6,8-11H,2-5H2,1H3. The molecule has 0 amide bonds. The van der Waals surface area contributed by atoms with Crippen molar-refractivity contribution in [3.05, 3.63) is 12.3 Å². The third-order valence-corrected chi connectivity index (χ3v) is 4.74. The average molecular weight is 264 g/mol. The van der Waals surface area contributed by atoms with Crippen molar-refractivity contribution >= 4 is 17.9 Å². The molecule has 19 heavy (non-hydrogen) atoms. The fraction of sp³-hybridized carbons (Fsp3) is 0.643. The lowest BCUT2D eigenvalue weighted by Crippen LogP contribution is -2.36. The minimum Gasteiger partial charge on any atom is -0.431 e. The SMILES string of the molecule is C=C1OC(=O)C2CC(C3CC(=O)OC3=O)C(C)CC12. The van der Waals surface area contributed by atoms with Crippen molar-refractivity contribution in [2.75, 3.05) is 0 Å². The van der Waals surface area contributed by atoms with Crippen LogP contribution in [-0.2, 0) is 23.9 Å². The number of hydrogen-bond donors (Lipinski definition) is 0. The van der Waals surface area contributed by atoms with Gasteiger partial charge in [0.25, 0.3) is 0 Å². The summed E-state index contributed by atoms with van der Waals surface area (Å²) in [6.45, 7) is 5.83. The van der Waals surface area contributed by atoms with Crippen molar-refractivity contribution in [2.24, 2.45) is 29.6 Å². The van der Waals surface area contributed by atoms with Gasteiger partial charge in [-0.1, -0.05) is 13.5 Å². The van der Waals surface area contributed by atoms with Crippen LogP contribution in [0, 0.1) is 29.6 Å². The minimum absolute atomic E-state index is 0.0126. The van der Waals surface area contributed by atoms with Crippen LogP contribution in [0.15, 0.2) is 12.3 Å². The Morgan fingerprint density at radius 1 is 1.00 bits per heavy atom. The van der Waals surface area contributed by atoms with Gasteiger partial charge in [-0.15, -0.1) is 0 Å². The molecule has 3 aliphatic rings. The number of fused-ring (bicyclic) bond motifs is 1. The molecule has 2 aliphatic heterocycles. The molecule has 2 heterocycles. The molecule has 0 aromatic rings. The van der Waals surface area contributed by atoms with E-state index in [4.69, 9.17) is 4.74 Å². The van der Waals surface area contributed by atoms with Crippen molar-refractivity contribution in [1.29, 1.82) is 0 Å². The number of esters is 3. The molecule has 0 aromatic heterocycles. The topological polar surface area (TPSA) is 69.7 Å². The van der Waals surface area contributed by atoms with Gasteiger partial charge in [0.15, 0.2) is 0 Å². The van der Waals surface area contributed by atoms with Gasteiger partial charge in [-0.3, -0.25) is 14.4 Å². The molecule has 3 fully saturated rings. The van der Waals surface area contributed by atoms with Gasteiger partial charge >= 0.3 is 17.9 Å². The van der Waals surface area contributed by atoms with E-state index in [2.05, 4.69) is 11.3 Å². The molecule has 0 aromatic carbocycles. The van der Waals surface area contributed by atoms with Gasteiger partial charge in [0.1, 0.15) is 5.76 Å². The smallest absolute Gasteiger partial charge is 0.317 e.